The average Bonchev–Trinajstić information content (AvgIpc) is 3.17. The molecule has 1 aliphatic heterocycles. The first-order valence-electron chi connectivity index (χ1n) is 13.6. The molecule has 41 heavy (non-hydrogen) atoms. The van der Waals surface area contributed by atoms with Crippen molar-refractivity contribution in [1.82, 2.24) is 5.32 Å². The number of rotatable bonds is 12. The van der Waals surface area contributed by atoms with Crippen molar-refractivity contribution in [3.63, 3.8) is 0 Å². The lowest BCUT2D eigenvalue weighted by atomic mass is 9.87. The number of urea groups is 1. The zero-order valence-corrected chi connectivity index (χ0v) is 23.5. The van der Waals surface area contributed by atoms with Crippen LogP contribution in [0, 0.1) is 6.92 Å². The minimum atomic E-state index is -1.70. The Labute approximate surface area is 239 Å². The van der Waals surface area contributed by atoms with Crippen LogP contribution in [-0.4, -0.2) is 49.0 Å². The van der Waals surface area contributed by atoms with Gasteiger partial charge >= 0.3 is 6.03 Å². The van der Waals surface area contributed by atoms with Gasteiger partial charge in [-0.25, -0.2) is 4.79 Å². The number of aryl methyl sites for hydroxylation is 1. The number of benzene rings is 3. The van der Waals surface area contributed by atoms with E-state index < -0.39 is 29.7 Å². The van der Waals surface area contributed by atoms with Gasteiger partial charge in [0.1, 0.15) is 0 Å². The van der Waals surface area contributed by atoms with E-state index in [0.717, 1.165) is 5.56 Å². The summed E-state index contributed by atoms with van der Waals surface area (Å²) in [5.41, 5.74) is 2.10. The summed E-state index contributed by atoms with van der Waals surface area (Å²) in [6.45, 7) is 6.33. The second-order valence-corrected chi connectivity index (χ2v) is 9.70. The molecule has 216 valence electrons. The van der Waals surface area contributed by atoms with E-state index >= 15 is 0 Å². The zero-order chi connectivity index (χ0) is 29.4. The molecule has 1 atom stereocenters. The van der Waals surface area contributed by atoms with Gasteiger partial charge in [0.25, 0.3) is 5.91 Å². The minimum Gasteiger partial charge on any atom is -0.392 e. The first-order valence-corrected chi connectivity index (χ1v) is 13.6. The predicted molar refractivity (Wildman–Crippen MR) is 156 cm³/mol. The van der Waals surface area contributed by atoms with Gasteiger partial charge in [-0.15, -0.1) is 0 Å². The van der Waals surface area contributed by atoms with Crippen molar-refractivity contribution in [3.8, 4) is 0 Å². The summed E-state index contributed by atoms with van der Waals surface area (Å²) in [6, 6.07) is 20.4. The molecular weight excluding hydrogens is 524 g/mol. The van der Waals surface area contributed by atoms with Crippen molar-refractivity contribution in [1.29, 1.82) is 0 Å². The summed E-state index contributed by atoms with van der Waals surface area (Å²) in [6.07, 6.45) is -1.06. The highest BCUT2D eigenvalue weighted by molar-refractivity contribution is 6.12. The van der Waals surface area contributed by atoms with E-state index in [0.29, 0.717) is 41.4 Å². The number of aliphatic hydroxyl groups is 1. The number of nitrogens with one attached hydrogen (secondary N) is 3. The third kappa shape index (κ3) is 6.91. The SMILES string of the molecule is CCOC(CN1C(=O)[C@@](CC(=O)Nc2ccc(CO)cc2)(NC(=O)Nc2ccc(C)cc2)c2ccccc21)OCC. The van der Waals surface area contributed by atoms with Gasteiger partial charge in [-0.2, -0.15) is 0 Å². The Hall–Kier alpha value is -4.25. The summed E-state index contributed by atoms with van der Waals surface area (Å²) in [5.74, 6) is -0.957. The fourth-order valence-corrected chi connectivity index (χ4v) is 4.85. The van der Waals surface area contributed by atoms with Crippen LogP contribution in [0.4, 0.5) is 21.9 Å². The van der Waals surface area contributed by atoms with Crippen molar-refractivity contribution in [3.05, 3.63) is 89.5 Å². The molecule has 0 fully saturated rings. The smallest absolute Gasteiger partial charge is 0.320 e. The Kier molecular flexibility index (Phi) is 9.72. The van der Waals surface area contributed by atoms with Gasteiger partial charge in [-0.1, -0.05) is 48.0 Å². The number of carbonyl (C=O) groups excluding carboxylic acids is 3. The van der Waals surface area contributed by atoms with Gasteiger partial charge in [0.15, 0.2) is 11.8 Å². The molecule has 4 N–H and O–H groups in total. The summed E-state index contributed by atoms with van der Waals surface area (Å²) in [5, 5.41) is 17.8. The second kappa shape index (κ2) is 13.4. The van der Waals surface area contributed by atoms with Crippen LogP contribution < -0.4 is 20.9 Å². The van der Waals surface area contributed by atoms with Crippen LogP contribution in [0.3, 0.4) is 0 Å². The van der Waals surface area contributed by atoms with E-state index in [1.54, 1.807) is 60.7 Å². The minimum absolute atomic E-state index is 0.0742. The molecule has 10 heteroatoms. The molecule has 1 aliphatic rings. The number of hydrogen-bond acceptors (Lipinski definition) is 6. The third-order valence-corrected chi connectivity index (χ3v) is 6.78. The molecule has 0 radical (unpaired) electrons. The molecule has 0 saturated heterocycles. The van der Waals surface area contributed by atoms with Gasteiger partial charge in [0.2, 0.25) is 5.91 Å². The van der Waals surface area contributed by atoms with Crippen molar-refractivity contribution in [2.45, 2.75) is 45.6 Å². The van der Waals surface area contributed by atoms with Gasteiger partial charge in [0, 0.05) is 30.2 Å². The van der Waals surface area contributed by atoms with Crippen LogP contribution in [0.1, 0.15) is 37.0 Å². The topological polar surface area (TPSA) is 129 Å². The Morgan fingerprint density at radius 3 is 2.15 bits per heavy atom. The highest BCUT2D eigenvalue weighted by Gasteiger charge is 2.53. The monoisotopic (exact) mass is 560 g/mol. The Bertz CT molecular complexity index is 1360. The molecule has 3 aromatic rings. The number of carbonyl (C=O) groups is 3. The number of fused-ring (bicyclic) bond motifs is 1. The fourth-order valence-electron chi connectivity index (χ4n) is 4.85. The number of amides is 4. The molecule has 4 rings (SSSR count). The fraction of sp³-hybridized carbons (Fsp3) is 0.323. The lowest BCUT2D eigenvalue weighted by molar-refractivity contribution is -0.138. The largest absolute Gasteiger partial charge is 0.392 e. The van der Waals surface area contributed by atoms with Crippen molar-refractivity contribution < 1.29 is 29.0 Å². The number of ether oxygens (including phenoxy) is 2. The molecule has 1 heterocycles. The van der Waals surface area contributed by atoms with E-state index in [4.69, 9.17) is 9.47 Å². The first-order chi connectivity index (χ1) is 19.8. The number of anilines is 3. The molecule has 0 bridgehead atoms. The molecule has 0 aliphatic carbocycles. The van der Waals surface area contributed by atoms with E-state index in [1.165, 1.54) is 4.90 Å². The Morgan fingerprint density at radius 1 is 0.902 bits per heavy atom. The van der Waals surface area contributed by atoms with E-state index in [2.05, 4.69) is 16.0 Å². The maximum absolute atomic E-state index is 14.3. The second-order valence-electron chi connectivity index (χ2n) is 9.70. The van der Waals surface area contributed by atoms with Crippen molar-refractivity contribution >= 4 is 34.9 Å². The van der Waals surface area contributed by atoms with E-state index in [9.17, 15) is 19.5 Å². The third-order valence-electron chi connectivity index (χ3n) is 6.78. The maximum atomic E-state index is 14.3. The maximum Gasteiger partial charge on any atom is 0.320 e. The summed E-state index contributed by atoms with van der Waals surface area (Å²) < 4.78 is 11.4. The predicted octanol–water partition coefficient (Wildman–Crippen LogP) is 4.28. The zero-order valence-electron chi connectivity index (χ0n) is 23.5. The standard InChI is InChI=1S/C31H36N4O6/c1-4-40-28(41-5-2)19-35-26-9-7-6-8-25(26)31(29(35)38,34-30(39)33-24-14-10-21(3)11-15-24)18-27(37)32-23-16-12-22(20-36)13-17-23/h6-17,28,36H,4-5,18-20H2,1-3H3,(H,32,37)(H2,33,34,39)/t31-/m0/s1. The lowest BCUT2D eigenvalue weighted by Crippen LogP contribution is -2.56. The quantitative estimate of drug-likeness (QED) is 0.245. The van der Waals surface area contributed by atoms with Gasteiger partial charge in [-0.3, -0.25) is 9.59 Å². The van der Waals surface area contributed by atoms with E-state index in [1.807, 2.05) is 32.9 Å². The van der Waals surface area contributed by atoms with Crippen molar-refractivity contribution in [2.24, 2.45) is 0 Å². The molecule has 3 aromatic carbocycles. The molecule has 4 amide bonds. The van der Waals surface area contributed by atoms with Gasteiger partial charge in [0.05, 0.1) is 25.3 Å². The van der Waals surface area contributed by atoms with Crippen LogP contribution >= 0.6 is 0 Å². The summed E-state index contributed by atoms with van der Waals surface area (Å²) >= 11 is 0. The first kappa shape index (κ1) is 29.7. The molecule has 10 nitrogen and oxygen atoms in total. The van der Waals surface area contributed by atoms with Crippen molar-refractivity contribution in [2.75, 3.05) is 35.3 Å². The van der Waals surface area contributed by atoms with Crippen LogP contribution in [-0.2, 0) is 31.2 Å². The summed E-state index contributed by atoms with van der Waals surface area (Å²) in [7, 11) is 0. The molecule has 0 saturated carbocycles. The van der Waals surface area contributed by atoms with Crippen LogP contribution in [0.25, 0.3) is 0 Å². The molecule has 0 spiro atoms. The summed E-state index contributed by atoms with van der Waals surface area (Å²) in [4.78, 5) is 42.6. The van der Waals surface area contributed by atoms with Crippen LogP contribution in [0.5, 0.6) is 0 Å². The Balaban J connectivity index is 1.68. The van der Waals surface area contributed by atoms with Gasteiger partial charge in [-0.05, 0) is 56.7 Å². The van der Waals surface area contributed by atoms with Crippen LogP contribution in [0.2, 0.25) is 0 Å². The Morgan fingerprint density at radius 2 is 1.51 bits per heavy atom. The average molecular weight is 561 g/mol. The highest BCUT2D eigenvalue weighted by Crippen LogP contribution is 2.43. The normalized spacial score (nSPS) is 16.0. The number of aliphatic hydroxyl groups excluding tert-OH is 1. The number of nitrogens with zero attached hydrogens (tertiary/aromatic N) is 1. The van der Waals surface area contributed by atoms with Crippen LogP contribution in [0.15, 0.2) is 72.8 Å². The lowest BCUT2D eigenvalue weighted by Gasteiger charge is -2.30. The highest BCUT2D eigenvalue weighted by atomic mass is 16.7. The van der Waals surface area contributed by atoms with E-state index in [-0.39, 0.29) is 19.6 Å². The molecule has 0 aromatic heterocycles. The number of para-hydroxylation sites is 1. The van der Waals surface area contributed by atoms with Gasteiger partial charge < -0.3 is 35.4 Å². The number of hydrogen-bond donors (Lipinski definition) is 4. The molecule has 0 unspecified atom stereocenters. The molecular formula is C31H36N4O6.